The van der Waals surface area contributed by atoms with Gasteiger partial charge < -0.3 is 9.64 Å². The minimum Gasteiger partial charge on any atom is -0.469 e. The predicted molar refractivity (Wildman–Crippen MR) is 59.0 cm³/mol. The topological polar surface area (TPSA) is 29.5 Å². The van der Waals surface area contributed by atoms with Gasteiger partial charge >= 0.3 is 5.97 Å². The zero-order valence-corrected chi connectivity index (χ0v) is 9.37. The molecule has 86 valence electrons. The molecule has 4 heteroatoms. The fraction of sp³-hybridized carbons (Fsp3) is 0.417. The Morgan fingerprint density at radius 1 is 1.62 bits per heavy atom. The van der Waals surface area contributed by atoms with Crippen LogP contribution < -0.4 is 4.90 Å². The molecule has 1 aliphatic rings. The van der Waals surface area contributed by atoms with Crippen molar-refractivity contribution < 1.29 is 13.9 Å². The molecule has 0 aliphatic carbocycles. The van der Waals surface area contributed by atoms with Crippen LogP contribution in [0.25, 0.3) is 0 Å². The van der Waals surface area contributed by atoms with Crippen LogP contribution in [0.3, 0.4) is 0 Å². The lowest BCUT2D eigenvalue weighted by Gasteiger charge is -2.12. The Morgan fingerprint density at radius 3 is 3.06 bits per heavy atom. The molecule has 0 N–H and O–H groups in total. The van der Waals surface area contributed by atoms with Gasteiger partial charge in [-0.25, -0.2) is 4.39 Å². The molecule has 1 atom stereocenters. The fourth-order valence-electron chi connectivity index (χ4n) is 2.24. The lowest BCUT2D eigenvalue weighted by atomic mass is 9.98. The Hall–Kier alpha value is -1.58. The van der Waals surface area contributed by atoms with E-state index in [2.05, 4.69) is 4.74 Å². The highest BCUT2D eigenvalue weighted by molar-refractivity contribution is 5.73. The van der Waals surface area contributed by atoms with Gasteiger partial charge in [-0.3, -0.25) is 4.79 Å². The van der Waals surface area contributed by atoms with E-state index >= 15 is 0 Å². The van der Waals surface area contributed by atoms with Gasteiger partial charge in [0.15, 0.2) is 0 Å². The van der Waals surface area contributed by atoms with Crippen molar-refractivity contribution in [2.75, 3.05) is 25.6 Å². The smallest absolute Gasteiger partial charge is 0.306 e. The monoisotopic (exact) mass is 223 g/mol. The van der Waals surface area contributed by atoms with Crippen molar-refractivity contribution in [1.29, 1.82) is 0 Å². The Bertz CT molecular complexity index is 419. The summed E-state index contributed by atoms with van der Waals surface area (Å²) in [7, 11) is 3.20. The molecule has 1 aliphatic heterocycles. The van der Waals surface area contributed by atoms with Gasteiger partial charge in [0.1, 0.15) is 5.82 Å². The first-order chi connectivity index (χ1) is 7.63. The van der Waals surface area contributed by atoms with E-state index in [9.17, 15) is 9.18 Å². The van der Waals surface area contributed by atoms with E-state index in [4.69, 9.17) is 0 Å². The summed E-state index contributed by atoms with van der Waals surface area (Å²) in [6.45, 7) is 0.658. The molecule has 1 heterocycles. The van der Waals surface area contributed by atoms with Crippen molar-refractivity contribution in [2.45, 2.75) is 12.3 Å². The zero-order valence-electron chi connectivity index (χ0n) is 9.37. The lowest BCUT2D eigenvalue weighted by molar-refractivity contribution is -0.140. The van der Waals surface area contributed by atoms with Crippen LogP contribution in [-0.4, -0.2) is 26.7 Å². The summed E-state index contributed by atoms with van der Waals surface area (Å²) in [5.41, 5.74) is 1.50. The van der Waals surface area contributed by atoms with Gasteiger partial charge in [-0.15, -0.1) is 0 Å². The number of rotatable bonds is 2. The third kappa shape index (κ3) is 1.75. The number of carbonyl (C=O) groups excluding carboxylic acids is 1. The highest BCUT2D eigenvalue weighted by Crippen LogP contribution is 2.38. The van der Waals surface area contributed by atoms with Crippen LogP contribution in [0.5, 0.6) is 0 Å². The number of carbonyl (C=O) groups is 1. The quantitative estimate of drug-likeness (QED) is 0.717. The van der Waals surface area contributed by atoms with Gasteiger partial charge in [0.2, 0.25) is 0 Å². The summed E-state index contributed by atoms with van der Waals surface area (Å²) in [5.74, 6) is -0.453. The number of fused-ring (bicyclic) bond motifs is 1. The van der Waals surface area contributed by atoms with Crippen molar-refractivity contribution >= 4 is 11.7 Å². The molecule has 0 amide bonds. The van der Waals surface area contributed by atoms with Crippen molar-refractivity contribution in [3.05, 3.63) is 29.6 Å². The normalized spacial score (nSPS) is 18.4. The largest absolute Gasteiger partial charge is 0.469 e. The number of nitrogens with zero attached hydrogens (tertiary/aromatic N) is 1. The van der Waals surface area contributed by atoms with Crippen LogP contribution in [-0.2, 0) is 9.53 Å². The van der Waals surface area contributed by atoms with E-state index in [1.165, 1.54) is 13.2 Å². The molecule has 0 saturated carbocycles. The number of methoxy groups -OCH3 is 1. The summed E-state index contributed by atoms with van der Waals surface area (Å²) in [5, 5.41) is 0. The average Bonchev–Trinajstić information content (AvgIpc) is 2.57. The Morgan fingerprint density at radius 2 is 2.38 bits per heavy atom. The summed E-state index contributed by atoms with van der Waals surface area (Å²) in [6, 6.07) is 4.99. The minimum absolute atomic E-state index is 0.0307. The summed E-state index contributed by atoms with van der Waals surface area (Å²) < 4.78 is 18.2. The SMILES string of the molecule is COC(=O)CC1CN(C)c2c(F)cccc21. The Kier molecular flexibility index (Phi) is 2.81. The van der Waals surface area contributed by atoms with Crippen LogP contribution in [0.1, 0.15) is 17.9 Å². The van der Waals surface area contributed by atoms with Crippen LogP contribution in [0.2, 0.25) is 0 Å². The molecule has 0 saturated heterocycles. The minimum atomic E-state index is -0.254. The fourth-order valence-corrected chi connectivity index (χ4v) is 2.24. The van der Waals surface area contributed by atoms with Gasteiger partial charge in [0.25, 0.3) is 0 Å². The van der Waals surface area contributed by atoms with Crippen molar-refractivity contribution in [3.63, 3.8) is 0 Å². The second-order valence-corrected chi connectivity index (χ2v) is 4.04. The predicted octanol–water partition coefficient (Wildman–Crippen LogP) is 1.92. The highest BCUT2D eigenvalue weighted by atomic mass is 19.1. The van der Waals surface area contributed by atoms with Crippen molar-refractivity contribution in [3.8, 4) is 0 Å². The number of halogens is 1. The standard InChI is InChI=1S/C12H14FNO2/c1-14-7-8(6-11(15)16-2)9-4-3-5-10(13)12(9)14/h3-5,8H,6-7H2,1-2H3. The molecule has 0 radical (unpaired) electrons. The number of likely N-dealkylation sites (N-methyl/N-ethyl adjacent to an activating group) is 1. The van der Waals surface area contributed by atoms with Crippen LogP contribution in [0.15, 0.2) is 18.2 Å². The van der Waals surface area contributed by atoms with Crippen molar-refractivity contribution in [2.24, 2.45) is 0 Å². The Labute approximate surface area is 93.8 Å². The first-order valence-electron chi connectivity index (χ1n) is 5.20. The second-order valence-electron chi connectivity index (χ2n) is 4.04. The maximum absolute atomic E-state index is 13.6. The first-order valence-corrected chi connectivity index (χ1v) is 5.20. The molecule has 0 bridgehead atoms. The average molecular weight is 223 g/mol. The zero-order chi connectivity index (χ0) is 11.7. The molecular weight excluding hydrogens is 209 g/mol. The molecule has 0 spiro atoms. The van der Waals surface area contributed by atoms with Gasteiger partial charge in [-0.05, 0) is 11.6 Å². The van der Waals surface area contributed by atoms with Crippen molar-refractivity contribution in [1.82, 2.24) is 0 Å². The molecule has 2 rings (SSSR count). The molecule has 0 fully saturated rings. The van der Waals surface area contributed by atoms with Gasteiger partial charge in [0.05, 0.1) is 19.2 Å². The van der Waals surface area contributed by atoms with E-state index in [0.717, 1.165) is 5.56 Å². The third-order valence-electron chi connectivity index (χ3n) is 2.97. The molecule has 0 aromatic heterocycles. The summed E-state index contributed by atoms with van der Waals surface area (Å²) in [4.78, 5) is 13.1. The van der Waals surface area contributed by atoms with Crippen LogP contribution in [0, 0.1) is 5.82 Å². The third-order valence-corrected chi connectivity index (χ3v) is 2.97. The van der Waals surface area contributed by atoms with E-state index in [1.807, 2.05) is 18.0 Å². The summed E-state index contributed by atoms with van der Waals surface area (Å²) in [6.07, 6.45) is 0.303. The van der Waals surface area contributed by atoms with Gasteiger partial charge in [-0.2, -0.15) is 0 Å². The van der Waals surface area contributed by atoms with E-state index in [1.54, 1.807) is 6.07 Å². The van der Waals surface area contributed by atoms with Gasteiger partial charge in [-0.1, -0.05) is 12.1 Å². The lowest BCUT2D eigenvalue weighted by Crippen LogP contribution is -2.18. The highest BCUT2D eigenvalue weighted by Gasteiger charge is 2.30. The second kappa shape index (κ2) is 4.12. The first kappa shape index (κ1) is 10.9. The maximum atomic E-state index is 13.6. The van der Waals surface area contributed by atoms with E-state index in [0.29, 0.717) is 18.7 Å². The van der Waals surface area contributed by atoms with Gasteiger partial charge in [0, 0.05) is 19.5 Å². The molecule has 16 heavy (non-hydrogen) atoms. The maximum Gasteiger partial charge on any atom is 0.306 e. The number of hydrogen-bond donors (Lipinski definition) is 0. The summed E-state index contributed by atoms with van der Waals surface area (Å²) >= 11 is 0. The number of esters is 1. The number of benzene rings is 1. The number of para-hydroxylation sites is 1. The van der Waals surface area contributed by atoms with Crippen LogP contribution in [0.4, 0.5) is 10.1 Å². The van der Waals surface area contributed by atoms with E-state index in [-0.39, 0.29) is 17.7 Å². The molecule has 1 unspecified atom stereocenters. The molecule has 1 aromatic carbocycles. The molecule has 1 aromatic rings. The molecular formula is C12H14FNO2. The number of ether oxygens (including phenoxy) is 1. The molecule has 3 nitrogen and oxygen atoms in total. The number of anilines is 1. The van der Waals surface area contributed by atoms with E-state index < -0.39 is 0 Å². The number of hydrogen-bond acceptors (Lipinski definition) is 3. The van der Waals surface area contributed by atoms with Crippen LogP contribution >= 0.6 is 0 Å². The Balaban J connectivity index is 2.29.